The van der Waals surface area contributed by atoms with E-state index in [9.17, 15) is 4.79 Å². The van der Waals surface area contributed by atoms with Crippen molar-refractivity contribution >= 4 is 28.3 Å². The second-order valence-electron chi connectivity index (χ2n) is 8.14. The van der Waals surface area contributed by atoms with Crippen LogP contribution in [0.2, 0.25) is 0 Å². The second kappa shape index (κ2) is 6.07. The zero-order chi connectivity index (χ0) is 19.4. The first-order valence-corrected chi connectivity index (χ1v) is 10.2. The lowest BCUT2D eigenvalue weighted by atomic mass is 9.77. The molecular weight excluding hydrogens is 364 g/mol. The van der Waals surface area contributed by atoms with Gasteiger partial charge >= 0.3 is 0 Å². The van der Waals surface area contributed by atoms with Crippen molar-refractivity contribution in [1.29, 1.82) is 0 Å². The van der Waals surface area contributed by atoms with Crippen molar-refractivity contribution in [2.24, 2.45) is 5.41 Å². The summed E-state index contributed by atoms with van der Waals surface area (Å²) in [6.07, 6.45) is 12.4. The molecule has 2 aliphatic heterocycles. The third kappa shape index (κ3) is 2.46. The maximum Gasteiger partial charge on any atom is 0.226 e. The van der Waals surface area contributed by atoms with E-state index in [1.54, 1.807) is 0 Å². The lowest BCUT2D eigenvalue weighted by Crippen LogP contribution is -2.44. The van der Waals surface area contributed by atoms with Crippen LogP contribution in [-0.2, 0) is 4.79 Å². The average Bonchev–Trinajstić information content (AvgIpc) is 3.48. The molecule has 7 nitrogen and oxygen atoms in total. The molecule has 6 rings (SSSR count). The number of nitrogens with one attached hydrogen (secondary N) is 2. The van der Waals surface area contributed by atoms with Crippen LogP contribution >= 0.6 is 0 Å². The first-order valence-electron chi connectivity index (χ1n) is 10.2. The number of aromatic nitrogens is 4. The van der Waals surface area contributed by atoms with E-state index in [0.29, 0.717) is 0 Å². The molecule has 146 valence electrons. The van der Waals surface area contributed by atoms with Gasteiger partial charge in [-0.2, -0.15) is 0 Å². The zero-order valence-corrected chi connectivity index (χ0v) is 16.1. The highest BCUT2D eigenvalue weighted by Crippen LogP contribution is 2.43. The van der Waals surface area contributed by atoms with Crippen LogP contribution in [-0.4, -0.2) is 44.9 Å². The summed E-state index contributed by atoms with van der Waals surface area (Å²) in [5, 5.41) is 4.15. The van der Waals surface area contributed by atoms with Crippen molar-refractivity contribution in [2.45, 2.75) is 19.3 Å². The molecule has 29 heavy (non-hydrogen) atoms. The minimum atomic E-state index is -0.171. The molecule has 1 amide bonds. The first kappa shape index (κ1) is 16.6. The number of rotatable bonds is 2. The number of anilines is 1. The molecule has 0 aromatic carbocycles. The lowest BCUT2D eigenvalue weighted by Gasteiger charge is -2.39. The van der Waals surface area contributed by atoms with Gasteiger partial charge in [-0.15, -0.1) is 0 Å². The fourth-order valence-corrected chi connectivity index (χ4v) is 4.98. The Bertz CT molecular complexity index is 1230. The number of nitrogens with zero attached hydrogens (tertiary/aromatic N) is 4. The fourth-order valence-electron chi connectivity index (χ4n) is 4.98. The normalized spacial score (nSPS) is 18.8. The highest BCUT2D eigenvalue weighted by Gasteiger charge is 2.44. The Labute approximate surface area is 167 Å². The van der Waals surface area contributed by atoms with Crippen LogP contribution in [0.15, 0.2) is 49.2 Å². The summed E-state index contributed by atoms with van der Waals surface area (Å²) in [5.74, 6) is 0.239. The number of hydrogen-bond acceptors (Lipinski definition) is 4. The summed E-state index contributed by atoms with van der Waals surface area (Å²) in [6.45, 7) is 2.55. The third-order valence-electron chi connectivity index (χ3n) is 6.67. The Morgan fingerprint density at radius 3 is 2.79 bits per heavy atom. The van der Waals surface area contributed by atoms with Gasteiger partial charge in [0, 0.05) is 61.6 Å². The van der Waals surface area contributed by atoms with Gasteiger partial charge in [0.25, 0.3) is 0 Å². The molecule has 2 fully saturated rings. The predicted molar refractivity (Wildman–Crippen MR) is 112 cm³/mol. The minimum absolute atomic E-state index is 0.171. The Hall–Kier alpha value is -3.35. The lowest BCUT2D eigenvalue weighted by molar-refractivity contribution is -0.128. The summed E-state index contributed by atoms with van der Waals surface area (Å²) >= 11 is 0. The number of fused-ring (bicyclic) bond motifs is 2. The Kier molecular flexibility index (Phi) is 3.47. The van der Waals surface area contributed by atoms with Crippen LogP contribution in [0.3, 0.4) is 0 Å². The second-order valence-corrected chi connectivity index (χ2v) is 8.14. The van der Waals surface area contributed by atoms with Gasteiger partial charge in [-0.25, -0.2) is 9.97 Å². The topological polar surface area (TPSA) is 78.3 Å². The first-order chi connectivity index (χ1) is 14.2. The molecule has 0 bridgehead atoms. The Morgan fingerprint density at radius 2 is 1.97 bits per heavy atom. The largest absolute Gasteiger partial charge is 0.370 e. The van der Waals surface area contributed by atoms with E-state index in [4.69, 9.17) is 0 Å². The van der Waals surface area contributed by atoms with Gasteiger partial charge in [0.1, 0.15) is 11.3 Å². The molecule has 7 heteroatoms. The highest BCUT2D eigenvalue weighted by molar-refractivity contribution is 5.99. The third-order valence-corrected chi connectivity index (χ3v) is 6.67. The van der Waals surface area contributed by atoms with E-state index in [1.165, 1.54) is 5.69 Å². The van der Waals surface area contributed by atoms with Crippen molar-refractivity contribution in [3.8, 4) is 11.1 Å². The van der Waals surface area contributed by atoms with Crippen LogP contribution in [0, 0.1) is 5.41 Å². The molecular formula is C22H22N6O. The van der Waals surface area contributed by atoms with E-state index >= 15 is 0 Å². The molecule has 6 heterocycles. The van der Waals surface area contributed by atoms with Crippen LogP contribution in [0.1, 0.15) is 19.3 Å². The van der Waals surface area contributed by atoms with Gasteiger partial charge in [0.2, 0.25) is 5.91 Å². The Morgan fingerprint density at radius 1 is 1.07 bits per heavy atom. The van der Waals surface area contributed by atoms with Crippen molar-refractivity contribution in [2.75, 3.05) is 24.5 Å². The predicted octanol–water partition coefficient (Wildman–Crippen LogP) is 2.98. The maximum absolute atomic E-state index is 12.4. The molecule has 4 aromatic rings. The van der Waals surface area contributed by atoms with Crippen molar-refractivity contribution in [1.82, 2.24) is 24.7 Å². The molecule has 4 aromatic heterocycles. The Balaban J connectivity index is 1.44. The monoisotopic (exact) mass is 386 g/mol. The minimum Gasteiger partial charge on any atom is -0.370 e. The summed E-state index contributed by atoms with van der Waals surface area (Å²) in [7, 11) is 0. The molecule has 0 radical (unpaired) electrons. The number of piperidine rings is 1. The standard InChI is InChI=1S/C22H22N6O/c29-21-22(3-7-25-21)4-10-28(11-5-22)19-16-1-6-24-20(16)26-14-17(19)15-2-9-27-12-8-23-18(27)13-15/h1-2,6,8-9,12-14H,3-5,7,10-11H2,(H,24,26)(H,25,29). The fraction of sp³-hybridized carbons (Fsp3) is 0.318. The highest BCUT2D eigenvalue weighted by atomic mass is 16.2. The number of carbonyl (C=O) groups is 1. The quantitative estimate of drug-likeness (QED) is 0.555. The van der Waals surface area contributed by atoms with Gasteiger partial charge in [-0.1, -0.05) is 0 Å². The molecule has 0 aliphatic carbocycles. The van der Waals surface area contributed by atoms with E-state index in [-0.39, 0.29) is 11.3 Å². The van der Waals surface area contributed by atoms with Gasteiger partial charge < -0.3 is 19.6 Å². The molecule has 0 unspecified atom stereocenters. The molecule has 2 N–H and O–H groups in total. The maximum atomic E-state index is 12.4. The SMILES string of the molecule is O=C1NCCC12CCN(c1c(-c3ccn4ccnc4c3)cnc3[nH]ccc13)CC2. The molecule has 1 spiro atoms. The van der Waals surface area contributed by atoms with Crippen molar-refractivity contribution in [3.05, 3.63) is 49.2 Å². The zero-order valence-electron chi connectivity index (χ0n) is 16.1. The number of carbonyl (C=O) groups excluding carboxylic acids is 1. The summed E-state index contributed by atoms with van der Waals surface area (Å²) in [6, 6.07) is 6.32. The summed E-state index contributed by atoms with van der Waals surface area (Å²) < 4.78 is 2.01. The summed E-state index contributed by atoms with van der Waals surface area (Å²) in [4.78, 5) is 27.2. The molecule has 0 atom stereocenters. The summed E-state index contributed by atoms with van der Waals surface area (Å²) in [5.41, 5.74) is 5.05. The number of imidazole rings is 1. The number of hydrogen-bond donors (Lipinski definition) is 2. The van der Waals surface area contributed by atoms with Gasteiger partial charge in [0.15, 0.2) is 0 Å². The van der Waals surface area contributed by atoms with Crippen molar-refractivity contribution in [3.63, 3.8) is 0 Å². The molecule has 0 saturated carbocycles. The van der Waals surface area contributed by atoms with Gasteiger partial charge in [-0.3, -0.25) is 4.79 Å². The van der Waals surface area contributed by atoms with Gasteiger partial charge in [-0.05, 0) is 43.0 Å². The molecule has 2 saturated heterocycles. The number of amides is 1. The van der Waals surface area contributed by atoms with E-state index in [1.807, 2.05) is 35.4 Å². The molecule has 2 aliphatic rings. The van der Waals surface area contributed by atoms with Crippen LogP contribution < -0.4 is 10.2 Å². The smallest absolute Gasteiger partial charge is 0.226 e. The average molecular weight is 386 g/mol. The van der Waals surface area contributed by atoms with Gasteiger partial charge in [0.05, 0.1) is 11.1 Å². The van der Waals surface area contributed by atoms with Crippen LogP contribution in [0.5, 0.6) is 0 Å². The number of H-pyrrole nitrogens is 1. The van der Waals surface area contributed by atoms with E-state index in [0.717, 1.165) is 66.7 Å². The van der Waals surface area contributed by atoms with Crippen LogP contribution in [0.25, 0.3) is 27.8 Å². The number of pyridine rings is 2. The van der Waals surface area contributed by atoms with E-state index < -0.39 is 0 Å². The number of aromatic amines is 1. The van der Waals surface area contributed by atoms with Crippen molar-refractivity contribution < 1.29 is 4.79 Å². The van der Waals surface area contributed by atoms with E-state index in [2.05, 4.69) is 43.4 Å². The van der Waals surface area contributed by atoms with Crippen LogP contribution in [0.4, 0.5) is 5.69 Å².